The Kier molecular flexibility index (Phi) is 9.51. The van der Waals surface area contributed by atoms with Gasteiger partial charge in [-0.15, -0.1) is 5.10 Å². The fraction of sp³-hybridized carbons (Fsp3) is 0.439. The summed E-state index contributed by atoms with van der Waals surface area (Å²) >= 11 is 0. The lowest BCUT2D eigenvalue weighted by Gasteiger charge is -2.31. The highest BCUT2D eigenvalue weighted by atomic mass is 28.4. The Labute approximate surface area is 315 Å². The van der Waals surface area contributed by atoms with Gasteiger partial charge in [-0.1, -0.05) is 54.6 Å². The molecule has 3 saturated heterocycles. The third-order valence-corrected chi connectivity index (χ3v) is 14.4. The van der Waals surface area contributed by atoms with Crippen LogP contribution in [0.4, 0.5) is 21.2 Å². The van der Waals surface area contributed by atoms with Crippen molar-refractivity contribution in [1.82, 2.24) is 15.0 Å². The first kappa shape index (κ1) is 36.3. The highest BCUT2D eigenvalue weighted by Crippen LogP contribution is 2.61. The van der Waals surface area contributed by atoms with Crippen molar-refractivity contribution in [3.8, 4) is 0 Å². The molecule has 4 aliphatic heterocycles. The molecule has 5 atom stereocenters. The van der Waals surface area contributed by atoms with E-state index in [2.05, 4.69) is 10.3 Å². The number of rotatable bonds is 11. The van der Waals surface area contributed by atoms with E-state index >= 15 is 8.90 Å². The van der Waals surface area contributed by atoms with Gasteiger partial charge >= 0.3 is 0 Å². The molecular formula is C41H47FN6O5Si. The highest BCUT2D eigenvalue weighted by Gasteiger charge is 2.66. The third kappa shape index (κ3) is 6.25. The third-order valence-electron chi connectivity index (χ3n) is 11.9. The first-order chi connectivity index (χ1) is 26.0. The molecule has 0 aliphatic carbocycles. The summed E-state index contributed by atoms with van der Waals surface area (Å²) < 4.78 is 25.4. The van der Waals surface area contributed by atoms with Gasteiger partial charge in [0.1, 0.15) is 0 Å². The van der Waals surface area contributed by atoms with Gasteiger partial charge in [0.2, 0.25) is 20.2 Å². The maximum Gasteiger partial charge on any atom is 0.264 e. The monoisotopic (exact) mass is 750 g/mol. The van der Waals surface area contributed by atoms with Crippen LogP contribution in [0.2, 0.25) is 18.6 Å². The molecular weight excluding hydrogens is 704 g/mol. The number of carbonyl (C=O) groups excluding carboxylic acids is 3. The number of fused-ring (bicyclic) bond motifs is 2. The van der Waals surface area contributed by atoms with Crippen molar-refractivity contribution in [2.24, 2.45) is 5.92 Å². The Morgan fingerprint density at radius 2 is 1.65 bits per heavy atom. The molecule has 54 heavy (non-hydrogen) atoms. The molecule has 8 rings (SSSR count). The summed E-state index contributed by atoms with van der Waals surface area (Å²) in [6.07, 6.45) is 4.18. The number of nitrogens with zero attached hydrogens (tertiary/aromatic N) is 6. The van der Waals surface area contributed by atoms with Crippen LogP contribution in [0.15, 0.2) is 79.0 Å². The molecule has 0 bridgehead atoms. The minimum absolute atomic E-state index is 0.0368. The fourth-order valence-electron chi connectivity index (χ4n) is 9.37. The van der Waals surface area contributed by atoms with Crippen LogP contribution >= 0.6 is 0 Å². The van der Waals surface area contributed by atoms with E-state index in [1.807, 2.05) is 85.9 Å². The van der Waals surface area contributed by atoms with Crippen LogP contribution in [0.5, 0.6) is 0 Å². The van der Waals surface area contributed by atoms with Gasteiger partial charge in [-0.25, -0.2) is 0 Å². The van der Waals surface area contributed by atoms with E-state index in [1.165, 1.54) is 0 Å². The minimum atomic E-state index is -3.45. The number of aryl methyl sites for hydroxylation is 1. The number of benzene rings is 3. The van der Waals surface area contributed by atoms with Gasteiger partial charge < -0.3 is 28.7 Å². The van der Waals surface area contributed by atoms with E-state index in [-0.39, 0.29) is 36.8 Å². The van der Waals surface area contributed by atoms with E-state index in [4.69, 9.17) is 4.74 Å². The predicted molar refractivity (Wildman–Crippen MR) is 205 cm³/mol. The van der Waals surface area contributed by atoms with Crippen LogP contribution < -0.4 is 14.7 Å². The number of ether oxygens (including phenoxy) is 1. The van der Waals surface area contributed by atoms with Crippen molar-refractivity contribution in [2.45, 2.75) is 88.4 Å². The van der Waals surface area contributed by atoms with Crippen molar-refractivity contribution < 1.29 is 28.3 Å². The first-order valence-corrected chi connectivity index (χ1v) is 22.0. The van der Waals surface area contributed by atoms with Crippen LogP contribution in [0.1, 0.15) is 67.3 Å². The molecule has 1 spiro atoms. The molecule has 282 valence electrons. The maximum absolute atomic E-state index is 16.6. The van der Waals surface area contributed by atoms with E-state index in [9.17, 15) is 14.7 Å². The molecule has 13 heteroatoms. The average Bonchev–Trinajstić information content (AvgIpc) is 3.99. The van der Waals surface area contributed by atoms with Crippen molar-refractivity contribution in [3.63, 3.8) is 0 Å². The molecule has 1 N–H and O–H groups in total. The van der Waals surface area contributed by atoms with E-state index < -0.39 is 31.6 Å². The van der Waals surface area contributed by atoms with Crippen LogP contribution in [-0.4, -0.2) is 72.0 Å². The standard InChI is InChI=1S/C41H47FN6O5Si/c1-27-39(54(2,3)42)36(18-21-45-25-34(43-44-45)32(26-49)29-11-5-4-6-12-29)53-41(27)33-23-31(47-20-9-15-38(47)51)16-17-35(33)48(40(41)52)24-28-10-7-13-30(22-28)46-19-8-14-37(46)50/h4-7,10-13,16-17,22-23,25,27,32,36,39,49H,8-9,14-15,18-21,24,26H2,1-3H3/t27-,32?,36+,39-,41+/m1/s1. The molecule has 1 unspecified atom stereocenters. The molecule has 3 fully saturated rings. The predicted octanol–water partition coefficient (Wildman–Crippen LogP) is 6.07. The van der Waals surface area contributed by atoms with Crippen LogP contribution in [0, 0.1) is 5.92 Å². The SMILES string of the molecule is C[C@@H]1[C@@H]([Si](C)(C)F)[C@H](CCn2cc(C(CO)c3ccccc3)nn2)O[C@@]12C(=O)N(Cc1cccc(N3CCCC3=O)c1)c1ccc(N3CCCC3=O)cc12. The van der Waals surface area contributed by atoms with Crippen LogP contribution in [0.3, 0.4) is 0 Å². The zero-order valence-corrected chi connectivity index (χ0v) is 32.0. The van der Waals surface area contributed by atoms with Gasteiger partial charge in [-0.2, -0.15) is 0 Å². The second-order valence-corrected chi connectivity index (χ2v) is 19.5. The quantitative estimate of drug-likeness (QED) is 0.146. The first-order valence-electron chi connectivity index (χ1n) is 19.1. The number of carbonyl (C=O) groups is 3. The number of hydrogen-bond donors (Lipinski definition) is 1. The van der Waals surface area contributed by atoms with Gasteiger partial charge in [0.25, 0.3) is 5.91 Å². The number of hydrogen-bond acceptors (Lipinski definition) is 7. The smallest absolute Gasteiger partial charge is 0.264 e. The molecule has 1 aromatic heterocycles. The molecule has 4 aliphatic rings. The Balaban J connectivity index is 1.13. The average molecular weight is 751 g/mol. The largest absolute Gasteiger partial charge is 0.395 e. The Morgan fingerprint density at radius 3 is 2.30 bits per heavy atom. The maximum atomic E-state index is 16.6. The molecule has 0 saturated carbocycles. The molecule has 3 amide bonds. The summed E-state index contributed by atoms with van der Waals surface area (Å²) in [5, 5.41) is 18.9. The van der Waals surface area contributed by atoms with E-state index in [1.54, 1.807) is 32.5 Å². The summed E-state index contributed by atoms with van der Waals surface area (Å²) in [5.74, 6) is -0.961. The highest BCUT2D eigenvalue weighted by molar-refractivity contribution is 6.72. The lowest BCUT2D eigenvalue weighted by atomic mass is 9.82. The summed E-state index contributed by atoms with van der Waals surface area (Å²) in [7, 11) is -3.45. The number of amides is 3. The Bertz CT molecular complexity index is 2070. The van der Waals surface area contributed by atoms with Crippen LogP contribution in [0.25, 0.3) is 0 Å². The van der Waals surface area contributed by atoms with Crippen molar-refractivity contribution in [3.05, 3.63) is 101 Å². The van der Waals surface area contributed by atoms with E-state index in [0.29, 0.717) is 61.5 Å². The van der Waals surface area contributed by atoms with Gasteiger partial charge in [-0.05, 0) is 73.8 Å². The molecule has 0 radical (unpaired) electrons. The lowest BCUT2D eigenvalue weighted by Crippen LogP contribution is -2.45. The van der Waals surface area contributed by atoms with Gasteiger partial charge in [0.05, 0.1) is 36.6 Å². The number of aromatic nitrogens is 3. The Morgan fingerprint density at radius 1 is 0.944 bits per heavy atom. The fourth-order valence-corrected chi connectivity index (χ4v) is 11.9. The minimum Gasteiger partial charge on any atom is -0.395 e. The van der Waals surface area contributed by atoms with Gasteiger partial charge in [-0.3, -0.25) is 19.1 Å². The summed E-state index contributed by atoms with van der Waals surface area (Å²) in [5.41, 5.74) is 3.29. The van der Waals surface area contributed by atoms with Crippen molar-refractivity contribution >= 4 is 43.2 Å². The molecule has 4 aromatic rings. The van der Waals surface area contributed by atoms with Gasteiger partial charge in [0, 0.05) is 67.1 Å². The second kappa shape index (κ2) is 14.2. The summed E-state index contributed by atoms with van der Waals surface area (Å²) in [6, 6.07) is 23.1. The van der Waals surface area contributed by atoms with E-state index in [0.717, 1.165) is 29.7 Å². The number of aliphatic hydroxyl groups excluding tert-OH is 1. The molecule has 5 heterocycles. The second-order valence-electron chi connectivity index (χ2n) is 15.7. The molecule has 11 nitrogen and oxygen atoms in total. The summed E-state index contributed by atoms with van der Waals surface area (Å²) in [6.45, 7) is 7.07. The summed E-state index contributed by atoms with van der Waals surface area (Å²) in [4.78, 5) is 45.9. The normalized spacial score (nSPS) is 24.7. The molecule has 3 aromatic carbocycles. The topological polar surface area (TPSA) is 121 Å². The van der Waals surface area contributed by atoms with Crippen molar-refractivity contribution in [1.29, 1.82) is 0 Å². The number of aliphatic hydroxyl groups is 1. The van der Waals surface area contributed by atoms with Gasteiger partial charge in [0.15, 0.2) is 5.60 Å². The lowest BCUT2D eigenvalue weighted by molar-refractivity contribution is -0.146. The van der Waals surface area contributed by atoms with Crippen LogP contribution in [-0.2, 0) is 37.8 Å². The number of anilines is 3. The zero-order valence-electron chi connectivity index (χ0n) is 31.0. The number of halogens is 1. The Hall–Kier alpha value is -4.72. The van der Waals surface area contributed by atoms with Crippen molar-refractivity contribution in [2.75, 3.05) is 34.4 Å². The zero-order chi connectivity index (χ0) is 37.8.